The molecule has 0 aliphatic rings. The smallest absolute Gasteiger partial charge is 0.321 e. The predicted molar refractivity (Wildman–Crippen MR) is 87.4 cm³/mol. The SMILES string of the molecule is CC[C@@](C)(NC(=O)Nc1nc(C)ccc1OC)c1nccs1. The molecular formula is C15H20N4O2S. The quantitative estimate of drug-likeness (QED) is 0.886. The molecule has 0 spiro atoms. The van der Waals surface area contributed by atoms with E-state index in [0.717, 1.165) is 17.1 Å². The molecule has 22 heavy (non-hydrogen) atoms. The van der Waals surface area contributed by atoms with Gasteiger partial charge in [0.1, 0.15) is 5.01 Å². The van der Waals surface area contributed by atoms with Crippen molar-refractivity contribution in [3.8, 4) is 5.75 Å². The number of pyridine rings is 1. The van der Waals surface area contributed by atoms with Crippen molar-refractivity contribution in [2.24, 2.45) is 0 Å². The summed E-state index contributed by atoms with van der Waals surface area (Å²) in [6, 6.07) is 3.27. The minimum Gasteiger partial charge on any atom is -0.493 e. The second-order valence-corrected chi connectivity index (χ2v) is 6.00. The number of amides is 2. The van der Waals surface area contributed by atoms with Gasteiger partial charge in [-0.15, -0.1) is 11.3 Å². The van der Waals surface area contributed by atoms with E-state index >= 15 is 0 Å². The maximum Gasteiger partial charge on any atom is 0.321 e. The Morgan fingerprint density at radius 2 is 2.23 bits per heavy atom. The highest BCUT2D eigenvalue weighted by molar-refractivity contribution is 7.09. The molecule has 0 saturated heterocycles. The van der Waals surface area contributed by atoms with Gasteiger partial charge in [0.25, 0.3) is 0 Å². The van der Waals surface area contributed by atoms with Gasteiger partial charge in [0.2, 0.25) is 0 Å². The Kier molecular flexibility index (Phi) is 4.97. The van der Waals surface area contributed by atoms with Gasteiger partial charge >= 0.3 is 6.03 Å². The van der Waals surface area contributed by atoms with Crippen LogP contribution in [0.2, 0.25) is 0 Å². The van der Waals surface area contributed by atoms with Crippen LogP contribution in [-0.4, -0.2) is 23.1 Å². The third kappa shape index (κ3) is 3.54. The molecule has 0 aliphatic heterocycles. The predicted octanol–water partition coefficient (Wildman–Crippen LogP) is 3.30. The number of hydrogen-bond donors (Lipinski definition) is 2. The first-order valence-corrected chi connectivity index (χ1v) is 7.87. The lowest BCUT2D eigenvalue weighted by Crippen LogP contribution is -2.45. The molecule has 2 heterocycles. The van der Waals surface area contributed by atoms with Crippen molar-refractivity contribution in [3.05, 3.63) is 34.4 Å². The minimum absolute atomic E-state index is 0.337. The first kappa shape index (κ1) is 16.2. The van der Waals surface area contributed by atoms with Crippen molar-refractivity contribution in [2.75, 3.05) is 12.4 Å². The van der Waals surface area contributed by atoms with Crippen molar-refractivity contribution in [1.82, 2.24) is 15.3 Å². The van der Waals surface area contributed by atoms with Crippen LogP contribution < -0.4 is 15.4 Å². The summed E-state index contributed by atoms with van der Waals surface area (Å²) in [6.45, 7) is 5.81. The third-order valence-corrected chi connectivity index (χ3v) is 4.49. The van der Waals surface area contributed by atoms with Gasteiger partial charge in [0.15, 0.2) is 11.6 Å². The van der Waals surface area contributed by atoms with E-state index in [1.807, 2.05) is 32.2 Å². The average Bonchev–Trinajstić information content (AvgIpc) is 3.02. The molecule has 2 aromatic rings. The Morgan fingerprint density at radius 3 is 2.82 bits per heavy atom. The lowest BCUT2D eigenvalue weighted by molar-refractivity contribution is 0.237. The molecule has 2 amide bonds. The van der Waals surface area contributed by atoms with E-state index in [2.05, 4.69) is 20.6 Å². The Balaban J connectivity index is 2.14. The van der Waals surface area contributed by atoms with Crippen molar-refractivity contribution >= 4 is 23.2 Å². The number of ether oxygens (including phenoxy) is 1. The monoisotopic (exact) mass is 320 g/mol. The molecule has 0 aliphatic carbocycles. The summed E-state index contributed by atoms with van der Waals surface area (Å²) >= 11 is 1.52. The van der Waals surface area contributed by atoms with Gasteiger partial charge in [-0.05, 0) is 32.4 Å². The first-order valence-electron chi connectivity index (χ1n) is 6.99. The number of nitrogens with zero attached hydrogens (tertiary/aromatic N) is 2. The van der Waals surface area contributed by atoms with Crippen LogP contribution in [0.15, 0.2) is 23.7 Å². The third-order valence-electron chi connectivity index (χ3n) is 3.45. The summed E-state index contributed by atoms with van der Waals surface area (Å²) in [5.74, 6) is 0.922. The van der Waals surface area contributed by atoms with Gasteiger partial charge < -0.3 is 10.1 Å². The number of carbonyl (C=O) groups excluding carboxylic acids is 1. The summed E-state index contributed by atoms with van der Waals surface area (Å²) in [6.07, 6.45) is 2.46. The van der Waals surface area contributed by atoms with E-state index in [4.69, 9.17) is 4.74 Å². The summed E-state index contributed by atoms with van der Waals surface area (Å²) in [7, 11) is 1.54. The lowest BCUT2D eigenvalue weighted by Gasteiger charge is -2.27. The number of thiazole rings is 1. The van der Waals surface area contributed by atoms with Gasteiger partial charge in [0.05, 0.1) is 12.6 Å². The number of rotatable bonds is 5. The summed E-state index contributed by atoms with van der Waals surface area (Å²) < 4.78 is 5.21. The highest BCUT2D eigenvalue weighted by Gasteiger charge is 2.29. The maximum absolute atomic E-state index is 12.3. The van der Waals surface area contributed by atoms with E-state index in [9.17, 15) is 4.79 Å². The second-order valence-electron chi connectivity index (χ2n) is 5.11. The number of anilines is 1. The standard InChI is InChI=1S/C15H20N4O2S/c1-5-15(3,13-16-8-9-22-13)19-14(20)18-12-11(21-4)7-6-10(2)17-12/h6-9H,5H2,1-4H3,(H2,17,18,19,20)/t15-/m1/s1. The fraction of sp³-hybridized carbons (Fsp3) is 0.400. The normalized spacial score (nSPS) is 13.3. The van der Waals surface area contributed by atoms with Crippen LogP contribution in [0.5, 0.6) is 5.75 Å². The molecule has 0 aromatic carbocycles. The van der Waals surface area contributed by atoms with Crippen LogP contribution in [0.4, 0.5) is 10.6 Å². The molecule has 0 unspecified atom stereocenters. The number of carbonyl (C=O) groups is 1. The highest BCUT2D eigenvalue weighted by atomic mass is 32.1. The molecule has 7 heteroatoms. The zero-order chi connectivity index (χ0) is 16.2. The fourth-order valence-electron chi connectivity index (χ4n) is 1.98. The second kappa shape index (κ2) is 6.74. The maximum atomic E-state index is 12.3. The molecule has 2 rings (SSSR count). The highest BCUT2D eigenvalue weighted by Crippen LogP contribution is 2.27. The van der Waals surface area contributed by atoms with Crippen molar-refractivity contribution < 1.29 is 9.53 Å². The van der Waals surface area contributed by atoms with Crippen molar-refractivity contribution in [2.45, 2.75) is 32.7 Å². The molecule has 0 saturated carbocycles. The zero-order valence-electron chi connectivity index (χ0n) is 13.1. The molecular weight excluding hydrogens is 300 g/mol. The van der Waals surface area contributed by atoms with Gasteiger partial charge in [-0.3, -0.25) is 5.32 Å². The van der Waals surface area contributed by atoms with Crippen LogP contribution >= 0.6 is 11.3 Å². The average molecular weight is 320 g/mol. The number of aromatic nitrogens is 2. The van der Waals surface area contributed by atoms with Crippen LogP contribution in [-0.2, 0) is 5.54 Å². The van der Waals surface area contributed by atoms with E-state index in [0.29, 0.717) is 11.6 Å². The largest absolute Gasteiger partial charge is 0.493 e. The van der Waals surface area contributed by atoms with Gasteiger partial charge in [-0.2, -0.15) is 0 Å². The Labute approximate surface area is 133 Å². The van der Waals surface area contributed by atoms with E-state index in [1.165, 1.54) is 11.3 Å². The molecule has 0 bridgehead atoms. The van der Waals surface area contributed by atoms with Crippen LogP contribution in [0.3, 0.4) is 0 Å². The summed E-state index contributed by atoms with van der Waals surface area (Å²) in [5, 5.41) is 8.48. The van der Waals surface area contributed by atoms with Gasteiger partial charge in [-0.1, -0.05) is 6.92 Å². The van der Waals surface area contributed by atoms with Crippen LogP contribution in [0, 0.1) is 6.92 Å². The summed E-state index contributed by atoms with van der Waals surface area (Å²) in [4.78, 5) is 20.9. The molecule has 6 nitrogen and oxygen atoms in total. The molecule has 2 N–H and O–H groups in total. The molecule has 0 radical (unpaired) electrons. The number of aryl methyl sites for hydroxylation is 1. The Hall–Kier alpha value is -2.15. The number of hydrogen-bond acceptors (Lipinski definition) is 5. The zero-order valence-corrected chi connectivity index (χ0v) is 14.0. The van der Waals surface area contributed by atoms with Crippen LogP contribution in [0.1, 0.15) is 31.0 Å². The van der Waals surface area contributed by atoms with Gasteiger partial charge in [-0.25, -0.2) is 14.8 Å². The molecule has 2 aromatic heterocycles. The summed E-state index contributed by atoms with van der Waals surface area (Å²) in [5.41, 5.74) is 0.282. The number of urea groups is 1. The Bertz CT molecular complexity index is 645. The van der Waals surface area contributed by atoms with Crippen LogP contribution in [0.25, 0.3) is 0 Å². The van der Waals surface area contributed by atoms with E-state index in [1.54, 1.807) is 19.4 Å². The van der Waals surface area contributed by atoms with E-state index < -0.39 is 5.54 Å². The Morgan fingerprint density at radius 1 is 1.45 bits per heavy atom. The molecule has 1 atom stereocenters. The molecule has 0 fully saturated rings. The van der Waals surface area contributed by atoms with Crippen molar-refractivity contribution in [3.63, 3.8) is 0 Å². The first-order chi connectivity index (χ1) is 10.5. The number of nitrogens with one attached hydrogen (secondary N) is 2. The lowest BCUT2D eigenvalue weighted by atomic mass is 10.0. The molecule has 118 valence electrons. The number of methoxy groups -OCH3 is 1. The topological polar surface area (TPSA) is 76.1 Å². The fourth-order valence-corrected chi connectivity index (χ4v) is 2.80. The minimum atomic E-state index is -0.519. The van der Waals surface area contributed by atoms with Gasteiger partial charge in [0, 0.05) is 17.3 Å². The van der Waals surface area contributed by atoms with E-state index in [-0.39, 0.29) is 6.03 Å². The van der Waals surface area contributed by atoms with Crippen molar-refractivity contribution in [1.29, 1.82) is 0 Å².